The second-order valence-electron chi connectivity index (χ2n) is 5.79. The first-order valence-corrected chi connectivity index (χ1v) is 7.89. The number of aromatic nitrogens is 2. The molecule has 0 spiro atoms. The number of fused-ring (bicyclic) bond motifs is 1. The molecule has 2 aromatic carbocycles. The summed E-state index contributed by atoms with van der Waals surface area (Å²) in [6.07, 6.45) is 4.07. The summed E-state index contributed by atoms with van der Waals surface area (Å²) in [4.78, 5) is 21.0. The molecule has 0 bridgehead atoms. The molecule has 3 rings (SSSR count). The fourth-order valence-electron chi connectivity index (χ4n) is 2.92. The van der Waals surface area contributed by atoms with Gasteiger partial charge in [-0.15, -0.1) is 0 Å². The van der Waals surface area contributed by atoms with Crippen LogP contribution in [0.15, 0.2) is 48.9 Å². The van der Waals surface area contributed by atoms with E-state index in [2.05, 4.69) is 47.2 Å². The smallest absolute Gasteiger partial charge is 0.226 e. The number of carbonyl (C=O) groups excluding carboxylic acids is 1. The number of H-pyrrole nitrogens is 1. The van der Waals surface area contributed by atoms with Gasteiger partial charge in [-0.25, -0.2) is 4.98 Å². The maximum atomic E-state index is 12.0. The van der Waals surface area contributed by atoms with Crippen LogP contribution in [0.5, 0.6) is 0 Å². The van der Waals surface area contributed by atoms with Crippen molar-refractivity contribution in [1.29, 1.82) is 0 Å². The van der Waals surface area contributed by atoms with E-state index in [1.54, 1.807) is 11.2 Å². The molecule has 0 aliphatic carbocycles. The fraction of sp³-hybridized carbons (Fsp3) is 0.263. The van der Waals surface area contributed by atoms with Crippen molar-refractivity contribution in [3.8, 4) is 0 Å². The Kier molecular flexibility index (Phi) is 4.15. The standard InChI is InChI=1S/C19H21N3O/c1-4-19(23)22(3)15-9-8-14-6-5-7-16(17(14)10-15)13(2)18-11-20-12-21-18/h5-13H,4H2,1-3H3,(H,20,21). The zero-order valence-corrected chi connectivity index (χ0v) is 13.7. The minimum Gasteiger partial charge on any atom is -0.348 e. The van der Waals surface area contributed by atoms with E-state index < -0.39 is 0 Å². The van der Waals surface area contributed by atoms with Gasteiger partial charge in [0.2, 0.25) is 5.91 Å². The van der Waals surface area contributed by atoms with Crippen LogP contribution >= 0.6 is 0 Å². The molecule has 4 nitrogen and oxygen atoms in total. The van der Waals surface area contributed by atoms with E-state index in [0.717, 1.165) is 11.4 Å². The number of aromatic amines is 1. The van der Waals surface area contributed by atoms with Crippen LogP contribution < -0.4 is 4.90 Å². The van der Waals surface area contributed by atoms with Gasteiger partial charge in [0.1, 0.15) is 0 Å². The van der Waals surface area contributed by atoms with E-state index in [4.69, 9.17) is 0 Å². The number of nitrogens with one attached hydrogen (secondary N) is 1. The lowest BCUT2D eigenvalue weighted by Crippen LogP contribution is -2.24. The summed E-state index contributed by atoms with van der Waals surface area (Å²) in [5.74, 6) is 0.326. The molecule has 23 heavy (non-hydrogen) atoms. The normalized spacial score (nSPS) is 12.3. The maximum absolute atomic E-state index is 12.0. The van der Waals surface area contributed by atoms with E-state index in [9.17, 15) is 4.79 Å². The number of benzene rings is 2. The van der Waals surface area contributed by atoms with E-state index in [0.29, 0.717) is 6.42 Å². The van der Waals surface area contributed by atoms with Gasteiger partial charge in [-0.2, -0.15) is 0 Å². The van der Waals surface area contributed by atoms with Gasteiger partial charge in [0.15, 0.2) is 0 Å². The highest BCUT2D eigenvalue weighted by Gasteiger charge is 2.15. The lowest BCUT2D eigenvalue weighted by atomic mass is 9.92. The van der Waals surface area contributed by atoms with Crippen molar-refractivity contribution in [2.45, 2.75) is 26.2 Å². The molecule has 1 unspecified atom stereocenters. The van der Waals surface area contributed by atoms with Crippen molar-refractivity contribution in [3.05, 3.63) is 60.2 Å². The highest BCUT2D eigenvalue weighted by Crippen LogP contribution is 2.31. The number of hydrogen-bond donors (Lipinski definition) is 1. The van der Waals surface area contributed by atoms with E-state index >= 15 is 0 Å². The second kappa shape index (κ2) is 6.24. The number of amides is 1. The molecule has 4 heteroatoms. The maximum Gasteiger partial charge on any atom is 0.226 e. The van der Waals surface area contributed by atoms with Gasteiger partial charge in [0.05, 0.1) is 6.33 Å². The Morgan fingerprint density at radius 2 is 2.13 bits per heavy atom. The molecule has 0 aliphatic rings. The Morgan fingerprint density at radius 1 is 1.30 bits per heavy atom. The van der Waals surface area contributed by atoms with Crippen LogP contribution in [-0.2, 0) is 4.79 Å². The van der Waals surface area contributed by atoms with E-state index in [1.807, 2.05) is 26.2 Å². The van der Waals surface area contributed by atoms with Crippen LogP contribution in [0.3, 0.4) is 0 Å². The first-order valence-electron chi connectivity index (χ1n) is 7.89. The number of imidazole rings is 1. The topological polar surface area (TPSA) is 49.0 Å². The summed E-state index contributed by atoms with van der Waals surface area (Å²) >= 11 is 0. The number of hydrogen-bond acceptors (Lipinski definition) is 2. The minimum absolute atomic E-state index is 0.114. The average Bonchev–Trinajstić information content (AvgIpc) is 3.13. The molecule has 118 valence electrons. The molecule has 1 aromatic heterocycles. The fourth-order valence-corrected chi connectivity index (χ4v) is 2.92. The molecule has 0 radical (unpaired) electrons. The second-order valence-corrected chi connectivity index (χ2v) is 5.79. The van der Waals surface area contributed by atoms with Gasteiger partial charge in [0.25, 0.3) is 0 Å². The molecule has 0 fully saturated rings. The van der Waals surface area contributed by atoms with Crippen molar-refractivity contribution >= 4 is 22.4 Å². The van der Waals surface area contributed by atoms with Gasteiger partial charge in [-0.1, -0.05) is 38.1 Å². The summed E-state index contributed by atoms with van der Waals surface area (Å²) in [7, 11) is 1.83. The Hall–Kier alpha value is -2.62. The Bertz CT molecular complexity index is 824. The predicted octanol–water partition coefficient (Wildman–Crippen LogP) is 4.09. The summed E-state index contributed by atoms with van der Waals surface area (Å²) in [6.45, 7) is 4.04. The molecule has 1 amide bonds. The molecule has 0 saturated heterocycles. The van der Waals surface area contributed by atoms with Gasteiger partial charge in [0, 0.05) is 37.0 Å². The molecule has 1 N–H and O–H groups in total. The minimum atomic E-state index is 0.114. The first kappa shape index (κ1) is 15.3. The molecule has 1 atom stereocenters. The SMILES string of the molecule is CCC(=O)N(C)c1ccc2cccc(C(C)c3cnc[nH]3)c2c1. The third-order valence-corrected chi connectivity index (χ3v) is 4.42. The highest BCUT2D eigenvalue weighted by atomic mass is 16.2. The van der Waals surface area contributed by atoms with Gasteiger partial charge in [-0.05, 0) is 28.5 Å². The largest absolute Gasteiger partial charge is 0.348 e. The Labute approximate surface area is 136 Å². The lowest BCUT2D eigenvalue weighted by molar-refractivity contribution is -0.118. The van der Waals surface area contributed by atoms with Crippen LogP contribution in [0, 0.1) is 0 Å². The summed E-state index contributed by atoms with van der Waals surface area (Å²) in [6, 6.07) is 12.5. The van der Waals surface area contributed by atoms with E-state index in [1.165, 1.54) is 16.3 Å². The van der Waals surface area contributed by atoms with Crippen LogP contribution in [0.1, 0.15) is 37.4 Å². The van der Waals surface area contributed by atoms with Crippen molar-refractivity contribution in [1.82, 2.24) is 9.97 Å². The molecule has 3 aromatic rings. The number of carbonyl (C=O) groups is 1. The van der Waals surface area contributed by atoms with Crippen LogP contribution in [0.2, 0.25) is 0 Å². The van der Waals surface area contributed by atoms with Gasteiger partial charge < -0.3 is 9.88 Å². The zero-order valence-electron chi connectivity index (χ0n) is 13.7. The number of nitrogens with zero attached hydrogens (tertiary/aromatic N) is 2. The number of anilines is 1. The summed E-state index contributed by atoms with van der Waals surface area (Å²) < 4.78 is 0. The third kappa shape index (κ3) is 2.84. The molecule has 0 saturated carbocycles. The van der Waals surface area contributed by atoms with E-state index in [-0.39, 0.29) is 11.8 Å². The Balaban J connectivity index is 2.10. The van der Waals surface area contributed by atoms with Crippen LogP contribution in [0.4, 0.5) is 5.69 Å². The Morgan fingerprint density at radius 3 is 2.83 bits per heavy atom. The van der Waals surface area contributed by atoms with Gasteiger partial charge >= 0.3 is 0 Å². The quantitative estimate of drug-likeness (QED) is 0.789. The van der Waals surface area contributed by atoms with Crippen LogP contribution in [-0.4, -0.2) is 22.9 Å². The van der Waals surface area contributed by atoms with Crippen molar-refractivity contribution in [3.63, 3.8) is 0 Å². The lowest BCUT2D eigenvalue weighted by Gasteiger charge is -2.19. The highest BCUT2D eigenvalue weighted by molar-refractivity contribution is 5.96. The summed E-state index contributed by atoms with van der Waals surface area (Å²) in [5.41, 5.74) is 3.24. The average molecular weight is 307 g/mol. The van der Waals surface area contributed by atoms with Crippen molar-refractivity contribution in [2.75, 3.05) is 11.9 Å². The number of rotatable bonds is 4. The monoisotopic (exact) mass is 307 g/mol. The third-order valence-electron chi connectivity index (χ3n) is 4.42. The molecule has 1 heterocycles. The first-order chi connectivity index (χ1) is 11.1. The van der Waals surface area contributed by atoms with Crippen LogP contribution in [0.25, 0.3) is 10.8 Å². The summed E-state index contributed by atoms with van der Waals surface area (Å²) in [5, 5.41) is 2.35. The molecule has 0 aliphatic heterocycles. The zero-order chi connectivity index (χ0) is 16.4. The molecular formula is C19H21N3O. The van der Waals surface area contributed by atoms with Crippen molar-refractivity contribution < 1.29 is 4.79 Å². The molecular weight excluding hydrogens is 286 g/mol. The van der Waals surface area contributed by atoms with Gasteiger partial charge in [-0.3, -0.25) is 4.79 Å². The predicted molar refractivity (Wildman–Crippen MR) is 93.8 cm³/mol. The van der Waals surface area contributed by atoms with Crippen molar-refractivity contribution in [2.24, 2.45) is 0 Å².